The molecule has 1 amide bonds. The Kier molecular flexibility index (Phi) is 6.42. The van der Waals surface area contributed by atoms with Crippen LogP contribution in [0.25, 0.3) is 0 Å². The van der Waals surface area contributed by atoms with E-state index in [4.69, 9.17) is 4.52 Å². The number of aromatic nitrogens is 2. The lowest BCUT2D eigenvalue weighted by atomic mass is 9.95. The molecule has 2 aliphatic rings. The van der Waals surface area contributed by atoms with E-state index in [1.807, 2.05) is 6.92 Å². The van der Waals surface area contributed by atoms with E-state index in [1.165, 1.54) is 19.3 Å². The van der Waals surface area contributed by atoms with Gasteiger partial charge in [-0.1, -0.05) is 24.4 Å². The first-order chi connectivity index (χ1) is 12.1. The first-order valence-corrected chi connectivity index (χ1v) is 9.68. The maximum Gasteiger partial charge on any atom is 0.243 e. The quantitative estimate of drug-likeness (QED) is 0.845. The normalized spacial score (nSPS) is 22.0. The van der Waals surface area contributed by atoms with Crippen LogP contribution in [0.4, 0.5) is 0 Å². The molecule has 1 saturated carbocycles. The van der Waals surface area contributed by atoms with Crippen molar-refractivity contribution >= 4 is 5.91 Å². The molecule has 1 aromatic rings. The zero-order valence-electron chi connectivity index (χ0n) is 15.5. The molecule has 1 aliphatic heterocycles. The van der Waals surface area contributed by atoms with Crippen molar-refractivity contribution in [3.05, 3.63) is 11.7 Å². The molecule has 25 heavy (non-hydrogen) atoms. The van der Waals surface area contributed by atoms with Gasteiger partial charge in [0.25, 0.3) is 0 Å². The number of carbonyl (C=O) groups excluding carboxylic acids is 1. The summed E-state index contributed by atoms with van der Waals surface area (Å²) < 4.78 is 5.29. The molecule has 0 spiro atoms. The molecular weight excluding hydrogens is 318 g/mol. The number of piperazine rings is 1. The number of nitrogens with one attached hydrogen (secondary N) is 1. The standard InChI is InChI=1S/C18H31N5O2/c1-14(18-19-15(2)21-25-18)23-12-10-22(11-13-23)9-8-17(24)20-16-6-4-3-5-7-16/h14,16H,3-13H2,1-2H3,(H,20,24)/t14-/m0/s1. The Bertz CT molecular complexity index is 547. The SMILES string of the molecule is Cc1noc([C@H](C)N2CCN(CCC(=O)NC3CCCCC3)CC2)n1. The highest BCUT2D eigenvalue weighted by molar-refractivity contribution is 5.76. The Morgan fingerprint density at radius 1 is 1.24 bits per heavy atom. The third kappa shape index (κ3) is 5.25. The fourth-order valence-electron chi connectivity index (χ4n) is 3.82. The minimum atomic E-state index is 0.151. The molecule has 1 atom stereocenters. The van der Waals surface area contributed by atoms with Gasteiger partial charge in [-0.05, 0) is 26.7 Å². The Balaban J connectivity index is 1.35. The Labute approximate surface area is 150 Å². The molecule has 140 valence electrons. The van der Waals surface area contributed by atoms with Gasteiger partial charge in [0.2, 0.25) is 11.8 Å². The summed E-state index contributed by atoms with van der Waals surface area (Å²) >= 11 is 0. The minimum absolute atomic E-state index is 0.151. The second-order valence-electron chi connectivity index (χ2n) is 7.39. The summed E-state index contributed by atoms with van der Waals surface area (Å²) in [6.07, 6.45) is 6.73. The Morgan fingerprint density at radius 3 is 2.60 bits per heavy atom. The van der Waals surface area contributed by atoms with Gasteiger partial charge in [-0.2, -0.15) is 4.98 Å². The maximum atomic E-state index is 12.1. The zero-order chi connectivity index (χ0) is 17.6. The van der Waals surface area contributed by atoms with Crippen LogP contribution in [-0.2, 0) is 4.79 Å². The van der Waals surface area contributed by atoms with E-state index in [1.54, 1.807) is 0 Å². The van der Waals surface area contributed by atoms with Crippen LogP contribution in [-0.4, -0.2) is 64.6 Å². The first-order valence-electron chi connectivity index (χ1n) is 9.68. The van der Waals surface area contributed by atoms with E-state index in [9.17, 15) is 4.79 Å². The van der Waals surface area contributed by atoms with Crippen LogP contribution in [0, 0.1) is 6.92 Å². The van der Waals surface area contributed by atoms with E-state index in [2.05, 4.69) is 32.2 Å². The summed E-state index contributed by atoms with van der Waals surface area (Å²) in [5.74, 6) is 1.59. The van der Waals surface area contributed by atoms with Crippen molar-refractivity contribution in [2.24, 2.45) is 0 Å². The third-order valence-electron chi connectivity index (χ3n) is 5.48. The van der Waals surface area contributed by atoms with E-state index >= 15 is 0 Å². The zero-order valence-corrected chi connectivity index (χ0v) is 15.5. The molecule has 1 N–H and O–H groups in total. The van der Waals surface area contributed by atoms with Gasteiger partial charge in [0, 0.05) is 45.2 Å². The van der Waals surface area contributed by atoms with E-state index < -0.39 is 0 Å². The number of carbonyl (C=O) groups is 1. The summed E-state index contributed by atoms with van der Waals surface area (Å²) in [7, 11) is 0. The number of hydrogen-bond donors (Lipinski definition) is 1. The van der Waals surface area contributed by atoms with Gasteiger partial charge in [-0.25, -0.2) is 0 Å². The van der Waals surface area contributed by atoms with Gasteiger partial charge in [0.15, 0.2) is 5.82 Å². The van der Waals surface area contributed by atoms with Gasteiger partial charge < -0.3 is 14.7 Å². The summed E-state index contributed by atoms with van der Waals surface area (Å²) in [4.78, 5) is 21.2. The molecule has 0 aromatic carbocycles. The van der Waals surface area contributed by atoms with Crippen LogP contribution >= 0.6 is 0 Å². The monoisotopic (exact) mass is 349 g/mol. The van der Waals surface area contributed by atoms with Gasteiger partial charge in [-0.15, -0.1) is 0 Å². The highest BCUT2D eigenvalue weighted by Crippen LogP contribution is 2.20. The predicted molar refractivity (Wildman–Crippen MR) is 95.1 cm³/mol. The third-order valence-corrected chi connectivity index (χ3v) is 5.48. The molecule has 2 fully saturated rings. The molecule has 2 heterocycles. The lowest BCUT2D eigenvalue weighted by Crippen LogP contribution is -2.48. The second kappa shape index (κ2) is 8.76. The molecular formula is C18H31N5O2. The molecule has 0 radical (unpaired) electrons. The Hall–Kier alpha value is -1.47. The van der Waals surface area contributed by atoms with Crippen LogP contribution in [0.2, 0.25) is 0 Å². The molecule has 1 aliphatic carbocycles. The molecule has 0 bridgehead atoms. The van der Waals surface area contributed by atoms with Crippen molar-refractivity contribution in [2.45, 2.75) is 64.5 Å². The van der Waals surface area contributed by atoms with Gasteiger partial charge in [0.05, 0.1) is 6.04 Å². The van der Waals surface area contributed by atoms with E-state index in [-0.39, 0.29) is 11.9 Å². The van der Waals surface area contributed by atoms with Gasteiger partial charge >= 0.3 is 0 Å². The fraction of sp³-hybridized carbons (Fsp3) is 0.833. The largest absolute Gasteiger partial charge is 0.353 e. The molecule has 7 nitrogen and oxygen atoms in total. The molecule has 7 heteroatoms. The van der Waals surface area contributed by atoms with Crippen LogP contribution in [0.15, 0.2) is 4.52 Å². The molecule has 3 rings (SSSR count). The molecule has 1 aromatic heterocycles. The topological polar surface area (TPSA) is 74.5 Å². The van der Waals surface area contributed by atoms with E-state index in [0.29, 0.717) is 24.2 Å². The highest BCUT2D eigenvalue weighted by Gasteiger charge is 2.25. The number of nitrogens with zero attached hydrogens (tertiary/aromatic N) is 4. The first kappa shape index (κ1) is 18.3. The van der Waals surface area contributed by atoms with Crippen LogP contribution in [0.5, 0.6) is 0 Å². The molecule has 1 saturated heterocycles. The van der Waals surface area contributed by atoms with Crippen molar-refractivity contribution in [3.8, 4) is 0 Å². The van der Waals surface area contributed by atoms with Crippen LogP contribution in [0.3, 0.4) is 0 Å². The predicted octanol–water partition coefficient (Wildman–Crippen LogP) is 1.90. The lowest BCUT2D eigenvalue weighted by molar-refractivity contribution is -0.122. The van der Waals surface area contributed by atoms with Crippen molar-refractivity contribution in [2.75, 3.05) is 32.7 Å². The number of hydrogen-bond acceptors (Lipinski definition) is 6. The summed E-state index contributed by atoms with van der Waals surface area (Å²) in [5.41, 5.74) is 0. The average Bonchev–Trinajstić information content (AvgIpc) is 3.07. The summed E-state index contributed by atoms with van der Waals surface area (Å²) in [6.45, 7) is 8.69. The highest BCUT2D eigenvalue weighted by atomic mass is 16.5. The van der Waals surface area contributed by atoms with E-state index in [0.717, 1.165) is 45.6 Å². The fourth-order valence-corrected chi connectivity index (χ4v) is 3.82. The summed E-state index contributed by atoms with van der Waals surface area (Å²) in [5, 5.41) is 7.08. The van der Waals surface area contributed by atoms with Gasteiger partial charge in [0.1, 0.15) is 0 Å². The maximum absolute atomic E-state index is 12.1. The van der Waals surface area contributed by atoms with Crippen molar-refractivity contribution in [1.82, 2.24) is 25.3 Å². The van der Waals surface area contributed by atoms with Gasteiger partial charge in [-0.3, -0.25) is 9.69 Å². The lowest BCUT2D eigenvalue weighted by Gasteiger charge is -2.36. The Morgan fingerprint density at radius 2 is 1.96 bits per heavy atom. The van der Waals surface area contributed by atoms with Crippen LogP contribution < -0.4 is 5.32 Å². The average molecular weight is 349 g/mol. The minimum Gasteiger partial charge on any atom is -0.353 e. The number of amides is 1. The summed E-state index contributed by atoms with van der Waals surface area (Å²) in [6, 6.07) is 0.565. The van der Waals surface area contributed by atoms with Crippen LogP contribution in [0.1, 0.15) is 63.2 Å². The molecule has 0 unspecified atom stereocenters. The van der Waals surface area contributed by atoms with Crippen molar-refractivity contribution in [1.29, 1.82) is 0 Å². The smallest absolute Gasteiger partial charge is 0.243 e. The second-order valence-corrected chi connectivity index (χ2v) is 7.39. The van der Waals surface area contributed by atoms with Crippen molar-refractivity contribution in [3.63, 3.8) is 0 Å². The van der Waals surface area contributed by atoms with Crippen molar-refractivity contribution < 1.29 is 9.32 Å². The number of rotatable bonds is 6. The number of aryl methyl sites for hydroxylation is 1.